The Morgan fingerprint density at radius 2 is 1.61 bits per heavy atom. The highest BCUT2D eigenvalue weighted by atomic mass is 16.7. The van der Waals surface area contributed by atoms with Crippen LogP contribution in [0, 0.1) is 38.9 Å². The molecule has 1 spiro atoms. The Balaban J connectivity index is 2.21. The van der Waals surface area contributed by atoms with Crippen molar-refractivity contribution in [3.8, 4) is 12.1 Å². The van der Waals surface area contributed by atoms with Gasteiger partial charge in [-0.1, -0.05) is 25.7 Å². The maximum Gasteiger partial charge on any atom is 0.293 e. The lowest BCUT2D eigenvalue weighted by molar-refractivity contribution is -0.261. The third-order valence-electron chi connectivity index (χ3n) is 6.03. The second-order valence-corrected chi connectivity index (χ2v) is 6.66. The van der Waals surface area contributed by atoms with Crippen LogP contribution in [0.2, 0.25) is 0 Å². The molecule has 0 aromatic carbocycles. The summed E-state index contributed by atoms with van der Waals surface area (Å²) >= 11 is 0. The fourth-order valence-corrected chi connectivity index (χ4v) is 5.30. The molecule has 2 saturated carbocycles. The van der Waals surface area contributed by atoms with Crippen molar-refractivity contribution in [2.75, 3.05) is 13.2 Å². The van der Waals surface area contributed by atoms with Gasteiger partial charge in [-0.2, -0.15) is 10.5 Å². The maximum absolute atomic E-state index is 10.2. The highest BCUT2D eigenvalue weighted by Gasteiger charge is 3.00. The monoisotopic (exact) mass is 316 g/mol. The molecule has 2 fully saturated rings. The number of hydrogen-bond donors (Lipinski definition) is 1. The van der Waals surface area contributed by atoms with E-state index in [-0.39, 0.29) is 5.84 Å². The first-order valence-electron chi connectivity index (χ1n) is 8.54. The van der Waals surface area contributed by atoms with Crippen LogP contribution in [0.3, 0.4) is 0 Å². The van der Waals surface area contributed by atoms with Crippen LogP contribution in [0.5, 0.6) is 0 Å². The highest BCUT2D eigenvalue weighted by Crippen LogP contribution is 2.88. The molecule has 6 heteroatoms. The van der Waals surface area contributed by atoms with Crippen molar-refractivity contribution in [2.45, 2.75) is 58.3 Å². The molecule has 3 rings (SSSR count). The van der Waals surface area contributed by atoms with Crippen molar-refractivity contribution >= 4 is 5.84 Å². The molecule has 0 aromatic rings. The predicted molar refractivity (Wildman–Crippen MR) is 83.8 cm³/mol. The minimum Gasteiger partial charge on any atom is -0.386 e. The van der Waals surface area contributed by atoms with E-state index in [1.807, 2.05) is 13.8 Å². The third-order valence-corrected chi connectivity index (χ3v) is 6.03. The van der Waals surface area contributed by atoms with Crippen molar-refractivity contribution in [3.63, 3.8) is 0 Å². The molecular formula is C17H24N4O2. The molecule has 1 heterocycles. The maximum atomic E-state index is 10.2. The van der Waals surface area contributed by atoms with Gasteiger partial charge >= 0.3 is 0 Å². The number of ether oxygens (including phenoxy) is 2. The number of amidine groups is 1. The fraction of sp³-hybridized carbons (Fsp3) is 0.824. The summed E-state index contributed by atoms with van der Waals surface area (Å²) in [6, 6.07) is 4.80. The number of fused-ring (bicyclic) bond motifs is 3. The summed E-state index contributed by atoms with van der Waals surface area (Å²) in [5.41, 5.74) is 3.51. The number of rotatable bonds is 4. The van der Waals surface area contributed by atoms with Crippen molar-refractivity contribution in [3.05, 3.63) is 0 Å². The molecule has 0 bridgehead atoms. The van der Waals surface area contributed by atoms with Crippen LogP contribution in [0.4, 0.5) is 0 Å². The van der Waals surface area contributed by atoms with Gasteiger partial charge in [-0.25, -0.2) is 4.99 Å². The average molecular weight is 316 g/mol. The Morgan fingerprint density at radius 3 is 2.04 bits per heavy atom. The Labute approximate surface area is 137 Å². The summed E-state index contributed by atoms with van der Waals surface area (Å²) in [7, 11) is 0. The molecule has 0 saturated heterocycles. The number of hydrogen-bond acceptors (Lipinski definition) is 6. The topological polar surface area (TPSA) is 104 Å². The standard InChI is InChI=1S/C17H24N4O2/c1-3-22-17(23-4-2)16(12-19)14(9-7-5-6-8-10-14)15(16,11-18)13(20)21-17/h3-10H2,1-2H3,(H2,20,21)/t15-,16+/m1/s1. The quantitative estimate of drug-likeness (QED) is 0.802. The SMILES string of the molecule is CCOC1(OCC)N=C(N)[C@]2(C#N)C3(CCCCCC3)[C@]12C#N. The van der Waals surface area contributed by atoms with Crippen LogP contribution < -0.4 is 5.73 Å². The van der Waals surface area contributed by atoms with Gasteiger partial charge < -0.3 is 15.2 Å². The third kappa shape index (κ3) is 1.47. The molecule has 2 atom stereocenters. The van der Waals surface area contributed by atoms with Crippen LogP contribution in [-0.4, -0.2) is 25.0 Å². The lowest BCUT2D eigenvalue weighted by atomic mass is 9.83. The van der Waals surface area contributed by atoms with Crippen molar-refractivity contribution < 1.29 is 9.47 Å². The van der Waals surface area contributed by atoms with Crippen LogP contribution in [-0.2, 0) is 9.47 Å². The number of nitriles is 2. The predicted octanol–water partition coefficient (Wildman–Crippen LogP) is 2.46. The summed E-state index contributed by atoms with van der Waals surface area (Å²) in [5.74, 6) is -1.24. The van der Waals surface area contributed by atoms with Gasteiger partial charge in [0.05, 0.1) is 12.1 Å². The van der Waals surface area contributed by atoms with E-state index in [9.17, 15) is 10.5 Å². The molecule has 2 N–H and O–H groups in total. The Hall–Kier alpha value is -1.63. The molecule has 0 amide bonds. The number of nitrogens with two attached hydrogens (primary N) is 1. The van der Waals surface area contributed by atoms with Gasteiger partial charge in [-0.15, -0.1) is 0 Å². The van der Waals surface area contributed by atoms with Crippen LogP contribution in [0.25, 0.3) is 0 Å². The number of aliphatic imine (C=N–C) groups is 1. The second kappa shape index (κ2) is 5.19. The average Bonchev–Trinajstić information content (AvgIpc) is 3.10. The van der Waals surface area contributed by atoms with E-state index in [1.54, 1.807) is 0 Å². The van der Waals surface area contributed by atoms with E-state index in [0.717, 1.165) is 38.5 Å². The minimum atomic E-state index is -1.45. The molecule has 6 nitrogen and oxygen atoms in total. The first-order valence-corrected chi connectivity index (χ1v) is 8.54. The summed E-state index contributed by atoms with van der Waals surface area (Å²) in [4.78, 5) is 4.40. The van der Waals surface area contributed by atoms with Crippen LogP contribution in [0.1, 0.15) is 52.4 Å². The van der Waals surface area contributed by atoms with Gasteiger partial charge in [0.25, 0.3) is 5.91 Å². The summed E-state index contributed by atoms with van der Waals surface area (Å²) in [6.45, 7) is 4.37. The molecule has 0 aromatic heterocycles. The zero-order chi connectivity index (χ0) is 16.8. The fourth-order valence-electron chi connectivity index (χ4n) is 5.30. The molecule has 23 heavy (non-hydrogen) atoms. The van der Waals surface area contributed by atoms with E-state index in [4.69, 9.17) is 15.2 Å². The number of nitrogens with zero attached hydrogens (tertiary/aromatic N) is 3. The van der Waals surface area contributed by atoms with E-state index >= 15 is 0 Å². The second-order valence-electron chi connectivity index (χ2n) is 6.66. The van der Waals surface area contributed by atoms with Crippen LogP contribution >= 0.6 is 0 Å². The smallest absolute Gasteiger partial charge is 0.293 e. The van der Waals surface area contributed by atoms with Gasteiger partial charge in [0.15, 0.2) is 5.41 Å². The van der Waals surface area contributed by atoms with Crippen molar-refractivity contribution in [2.24, 2.45) is 27.0 Å². The van der Waals surface area contributed by atoms with Gasteiger partial charge in [0.2, 0.25) is 0 Å². The van der Waals surface area contributed by atoms with Crippen molar-refractivity contribution in [1.29, 1.82) is 10.5 Å². The highest BCUT2D eigenvalue weighted by molar-refractivity contribution is 6.00. The molecule has 2 aliphatic carbocycles. The largest absolute Gasteiger partial charge is 0.386 e. The van der Waals surface area contributed by atoms with E-state index in [0.29, 0.717) is 13.2 Å². The lowest BCUT2D eigenvalue weighted by Crippen LogP contribution is -2.45. The van der Waals surface area contributed by atoms with E-state index in [1.165, 1.54) is 0 Å². The Morgan fingerprint density at radius 1 is 1.04 bits per heavy atom. The minimum absolute atomic E-state index is 0.213. The molecule has 124 valence electrons. The molecule has 0 unspecified atom stereocenters. The van der Waals surface area contributed by atoms with E-state index < -0.39 is 22.2 Å². The Bertz CT molecular complexity index is 603. The molecule has 1 aliphatic heterocycles. The molecule has 3 aliphatic rings. The lowest BCUT2D eigenvalue weighted by Gasteiger charge is -2.35. The molecular weight excluding hydrogens is 292 g/mol. The van der Waals surface area contributed by atoms with Gasteiger partial charge in [-0.05, 0) is 26.7 Å². The zero-order valence-corrected chi connectivity index (χ0v) is 13.9. The normalized spacial score (nSPS) is 36.4. The van der Waals surface area contributed by atoms with Crippen LogP contribution in [0.15, 0.2) is 4.99 Å². The first kappa shape index (κ1) is 16.2. The first-order chi connectivity index (χ1) is 11.1. The van der Waals surface area contributed by atoms with E-state index in [2.05, 4.69) is 17.1 Å². The summed E-state index contributed by atoms with van der Waals surface area (Å²) in [5, 5.41) is 20.2. The van der Waals surface area contributed by atoms with Crippen molar-refractivity contribution in [1.82, 2.24) is 0 Å². The van der Waals surface area contributed by atoms with Gasteiger partial charge in [0, 0.05) is 18.6 Å². The summed E-state index contributed by atoms with van der Waals surface area (Å²) in [6.07, 6.45) is 5.83. The van der Waals surface area contributed by atoms with Gasteiger partial charge in [0.1, 0.15) is 11.3 Å². The van der Waals surface area contributed by atoms with Gasteiger partial charge in [-0.3, -0.25) is 0 Å². The Kier molecular flexibility index (Phi) is 3.66. The summed E-state index contributed by atoms with van der Waals surface area (Å²) < 4.78 is 11.8. The zero-order valence-electron chi connectivity index (χ0n) is 13.9. The molecule has 0 radical (unpaired) electrons.